The van der Waals surface area contributed by atoms with Gasteiger partial charge in [0.2, 0.25) is 0 Å². The lowest BCUT2D eigenvalue weighted by Gasteiger charge is -2.19. The zero-order valence-corrected chi connectivity index (χ0v) is 24.8. The Hall–Kier alpha value is -3.64. The van der Waals surface area contributed by atoms with Crippen LogP contribution < -0.4 is 15.4 Å². The third-order valence-corrected chi connectivity index (χ3v) is 8.83. The summed E-state index contributed by atoms with van der Waals surface area (Å²) < 4.78 is 5.99. The van der Waals surface area contributed by atoms with Crippen LogP contribution in [0.1, 0.15) is 12.5 Å². The van der Waals surface area contributed by atoms with E-state index in [9.17, 15) is 9.59 Å². The highest BCUT2D eigenvalue weighted by atomic mass is 32.1. The van der Waals surface area contributed by atoms with Crippen LogP contribution in [0.15, 0.2) is 53.0 Å². The van der Waals surface area contributed by atoms with Gasteiger partial charge in [0.15, 0.2) is 5.82 Å². The van der Waals surface area contributed by atoms with Crippen LogP contribution in [-0.4, -0.2) is 79.0 Å². The number of imide groups is 1. The number of fused-ring (bicyclic) bond motifs is 1. The smallest absolute Gasteiger partial charge is 0.275 e. The summed E-state index contributed by atoms with van der Waals surface area (Å²) >= 11 is 3.12. The van der Waals surface area contributed by atoms with Crippen molar-refractivity contribution in [3.63, 3.8) is 0 Å². The van der Waals surface area contributed by atoms with Gasteiger partial charge in [0.25, 0.3) is 11.8 Å². The van der Waals surface area contributed by atoms with Gasteiger partial charge in [0.05, 0.1) is 10.3 Å². The summed E-state index contributed by atoms with van der Waals surface area (Å²) in [6.07, 6.45) is 0. The lowest BCUT2D eigenvalue weighted by Crippen LogP contribution is -2.31. The van der Waals surface area contributed by atoms with Crippen molar-refractivity contribution < 1.29 is 14.3 Å². The molecule has 1 aliphatic heterocycles. The molecule has 3 aromatic heterocycles. The Bertz CT molecular complexity index is 1580. The first-order valence-corrected chi connectivity index (χ1v) is 14.7. The molecule has 2 N–H and O–H groups in total. The molecular weight excluding hydrogens is 544 g/mol. The Balaban J connectivity index is 1.42. The van der Waals surface area contributed by atoms with Gasteiger partial charge in [-0.2, -0.15) is 0 Å². The Morgan fingerprint density at radius 1 is 0.975 bits per heavy atom. The van der Waals surface area contributed by atoms with Gasteiger partial charge in [-0.15, -0.1) is 22.7 Å². The van der Waals surface area contributed by atoms with E-state index in [1.807, 2.05) is 36.6 Å². The molecule has 0 fully saturated rings. The van der Waals surface area contributed by atoms with Crippen LogP contribution >= 0.6 is 22.7 Å². The van der Waals surface area contributed by atoms with Gasteiger partial charge >= 0.3 is 0 Å². The number of rotatable bonds is 11. The molecule has 1 aromatic carbocycles. The lowest BCUT2D eigenvalue weighted by molar-refractivity contribution is -0.124. The Kier molecular flexibility index (Phi) is 8.27. The van der Waals surface area contributed by atoms with Gasteiger partial charge in [0.1, 0.15) is 28.7 Å². The second-order valence-corrected chi connectivity index (χ2v) is 11.9. The quantitative estimate of drug-likeness (QED) is 0.250. The normalized spacial score (nSPS) is 13.7. The molecule has 5 rings (SSSR count). The summed E-state index contributed by atoms with van der Waals surface area (Å²) in [5.41, 5.74) is 2.59. The van der Waals surface area contributed by atoms with E-state index in [4.69, 9.17) is 14.7 Å². The van der Waals surface area contributed by atoms with Crippen LogP contribution in [0.2, 0.25) is 0 Å². The first kappa shape index (κ1) is 27.9. The fourth-order valence-electron chi connectivity index (χ4n) is 4.34. The predicted molar refractivity (Wildman–Crippen MR) is 162 cm³/mol. The number of carbonyl (C=O) groups is 2. The van der Waals surface area contributed by atoms with Crippen LogP contribution in [0.5, 0.6) is 5.75 Å². The molecule has 4 aromatic rings. The number of ether oxygens (including phenoxy) is 1. The standard InChI is InChI=1S/C29H32N6O3S2/c1-17-22-26(30-23-18(2)27(36)33-28(23)37)31-25(21-7-6-16-39-21)32-29(22)40-24(17)19-8-10-20(11-9-19)38-15-14-35(5)13-12-34(3)4/h6-11,16H,12-15H2,1-5H3,(H2,30,31,32,33,36,37). The number of amides is 2. The van der Waals surface area contributed by atoms with Crippen LogP contribution in [0.25, 0.3) is 31.4 Å². The van der Waals surface area contributed by atoms with E-state index in [0.29, 0.717) is 23.8 Å². The average Bonchev–Trinajstić information content (AvgIpc) is 3.64. The molecule has 208 valence electrons. The van der Waals surface area contributed by atoms with Crippen LogP contribution in [0, 0.1) is 6.92 Å². The molecule has 0 bridgehead atoms. The number of hydrogen-bond donors (Lipinski definition) is 2. The molecule has 40 heavy (non-hydrogen) atoms. The number of thiophene rings is 2. The monoisotopic (exact) mass is 576 g/mol. The Morgan fingerprint density at radius 2 is 1.75 bits per heavy atom. The van der Waals surface area contributed by atoms with Crippen molar-refractivity contribution in [3.05, 3.63) is 58.6 Å². The van der Waals surface area contributed by atoms with Crippen LogP contribution in [0.3, 0.4) is 0 Å². The van der Waals surface area contributed by atoms with E-state index in [1.54, 1.807) is 29.6 Å². The highest BCUT2D eigenvalue weighted by Gasteiger charge is 2.29. The summed E-state index contributed by atoms with van der Waals surface area (Å²) in [6.45, 7) is 7.13. The zero-order chi connectivity index (χ0) is 28.4. The average molecular weight is 577 g/mol. The van der Waals surface area contributed by atoms with E-state index < -0.39 is 11.8 Å². The molecule has 9 nitrogen and oxygen atoms in total. The molecule has 0 saturated heterocycles. The fraction of sp³-hybridized carbons (Fsp3) is 0.310. The molecule has 0 aliphatic carbocycles. The van der Waals surface area contributed by atoms with Gasteiger partial charge in [-0.25, -0.2) is 9.97 Å². The van der Waals surface area contributed by atoms with Crippen molar-refractivity contribution in [2.45, 2.75) is 13.8 Å². The van der Waals surface area contributed by atoms with E-state index in [-0.39, 0.29) is 5.70 Å². The van der Waals surface area contributed by atoms with Gasteiger partial charge in [-0.05, 0) is 81.8 Å². The molecule has 0 unspecified atom stereocenters. The number of carbonyl (C=O) groups excluding carboxylic acids is 2. The van der Waals surface area contributed by atoms with Crippen LogP contribution in [-0.2, 0) is 9.59 Å². The van der Waals surface area contributed by atoms with E-state index in [2.05, 4.69) is 53.7 Å². The number of hydrogen-bond acceptors (Lipinski definition) is 10. The number of likely N-dealkylation sites (N-methyl/N-ethyl adjacent to an activating group) is 2. The summed E-state index contributed by atoms with van der Waals surface area (Å²) in [5, 5.41) is 8.30. The maximum Gasteiger partial charge on any atom is 0.275 e. The molecule has 2 amide bonds. The minimum absolute atomic E-state index is 0.211. The lowest BCUT2D eigenvalue weighted by atomic mass is 10.1. The molecule has 0 radical (unpaired) electrons. The maximum absolute atomic E-state index is 12.5. The molecular formula is C29H32N6O3S2. The van der Waals surface area contributed by atoms with Gasteiger partial charge in [-0.1, -0.05) is 6.07 Å². The molecule has 0 atom stereocenters. The van der Waals surface area contributed by atoms with E-state index in [1.165, 1.54) is 0 Å². The first-order chi connectivity index (χ1) is 19.2. The van der Waals surface area contributed by atoms with Gasteiger partial charge in [0, 0.05) is 30.1 Å². The maximum atomic E-state index is 12.5. The SMILES string of the molecule is CC1=C(Nc2nc(-c3cccs3)nc3sc(-c4ccc(OCCN(C)CCN(C)C)cc4)c(C)c23)C(=O)NC1=O. The topological polar surface area (TPSA) is 99.7 Å². The molecule has 0 spiro atoms. The summed E-state index contributed by atoms with van der Waals surface area (Å²) in [7, 11) is 6.25. The molecule has 0 saturated carbocycles. The molecule has 1 aliphatic rings. The highest BCUT2D eigenvalue weighted by Crippen LogP contribution is 2.42. The summed E-state index contributed by atoms with van der Waals surface area (Å²) in [6, 6.07) is 12.0. The Morgan fingerprint density at radius 3 is 2.40 bits per heavy atom. The van der Waals surface area contributed by atoms with Crippen molar-refractivity contribution in [3.8, 4) is 26.9 Å². The second kappa shape index (κ2) is 11.8. The second-order valence-electron chi connectivity index (χ2n) is 10.00. The van der Waals surface area contributed by atoms with Crippen LogP contribution in [0.4, 0.5) is 5.82 Å². The minimum atomic E-state index is -0.459. The number of aromatic nitrogens is 2. The number of anilines is 1. The number of nitrogens with zero attached hydrogens (tertiary/aromatic N) is 4. The Labute approximate surface area is 241 Å². The third-order valence-electron chi connectivity index (χ3n) is 6.73. The number of aryl methyl sites for hydroxylation is 1. The van der Waals surface area contributed by atoms with E-state index >= 15 is 0 Å². The van der Waals surface area contributed by atoms with Crippen molar-refractivity contribution in [2.75, 3.05) is 52.7 Å². The largest absolute Gasteiger partial charge is 0.492 e. The highest BCUT2D eigenvalue weighted by molar-refractivity contribution is 7.22. The fourth-order valence-corrected chi connectivity index (χ4v) is 6.18. The number of benzene rings is 1. The van der Waals surface area contributed by atoms with Crippen molar-refractivity contribution in [1.29, 1.82) is 0 Å². The van der Waals surface area contributed by atoms with Crippen molar-refractivity contribution >= 4 is 50.5 Å². The zero-order valence-electron chi connectivity index (χ0n) is 23.2. The van der Waals surface area contributed by atoms with E-state index in [0.717, 1.165) is 56.5 Å². The summed E-state index contributed by atoms with van der Waals surface area (Å²) in [4.78, 5) is 41.4. The first-order valence-electron chi connectivity index (χ1n) is 13.0. The van der Waals surface area contributed by atoms with Gasteiger partial charge < -0.3 is 19.9 Å². The van der Waals surface area contributed by atoms with Crippen molar-refractivity contribution in [1.82, 2.24) is 25.1 Å². The minimum Gasteiger partial charge on any atom is -0.492 e. The van der Waals surface area contributed by atoms with Gasteiger partial charge in [-0.3, -0.25) is 14.9 Å². The summed E-state index contributed by atoms with van der Waals surface area (Å²) in [5.74, 6) is 1.04. The predicted octanol–water partition coefficient (Wildman–Crippen LogP) is 4.61. The molecule has 11 heteroatoms. The van der Waals surface area contributed by atoms with Crippen molar-refractivity contribution in [2.24, 2.45) is 0 Å². The number of nitrogens with one attached hydrogen (secondary N) is 2. The third kappa shape index (κ3) is 5.92. The molecule has 4 heterocycles.